The van der Waals surface area contributed by atoms with Gasteiger partial charge < -0.3 is 4.74 Å². The zero-order valence-corrected chi connectivity index (χ0v) is 10.9. The lowest BCUT2D eigenvalue weighted by Gasteiger charge is -2.44. The number of rotatable bonds is 0. The highest BCUT2D eigenvalue weighted by Crippen LogP contribution is 2.33. The molecule has 0 radical (unpaired) electrons. The highest BCUT2D eigenvalue weighted by Gasteiger charge is 2.43. The Bertz CT molecular complexity index is 332. The number of ketones is 1. The van der Waals surface area contributed by atoms with Crippen molar-refractivity contribution in [3.63, 3.8) is 0 Å². The van der Waals surface area contributed by atoms with E-state index in [0.717, 1.165) is 25.7 Å². The van der Waals surface area contributed by atoms with Gasteiger partial charge in [-0.2, -0.15) is 0 Å². The minimum Gasteiger partial charge on any atom is -0.444 e. The largest absolute Gasteiger partial charge is 0.444 e. The van der Waals surface area contributed by atoms with Gasteiger partial charge >= 0.3 is 6.09 Å². The van der Waals surface area contributed by atoms with E-state index >= 15 is 0 Å². The Morgan fingerprint density at radius 2 is 2.00 bits per heavy atom. The molecule has 2 aliphatic heterocycles. The van der Waals surface area contributed by atoms with Crippen LogP contribution < -0.4 is 0 Å². The highest BCUT2D eigenvalue weighted by molar-refractivity contribution is 5.89. The summed E-state index contributed by atoms with van der Waals surface area (Å²) < 4.78 is 5.40. The third kappa shape index (κ3) is 2.61. The summed E-state index contributed by atoms with van der Waals surface area (Å²) in [6.45, 7) is 5.56. The van der Waals surface area contributed by atoms with Crippen molar-refractivity contribution in [3.8, 4) is 0 Å². The molecule has 0 aliphatic carbocycles. The first-order valence-corrected chi connectivity index (χ1v) is 6.42. The molecule has 0 aromatic carbocycles. The van der Waals surface area contributed by atoms with Crippen molar-refractivity contribution in [2.24, 2.45) is 0 Å². The maximum atomic E-state index is 12.1. The van der Waals surface area contributed by atoms with Gasteiger partial charge in [-0.25, -0.2) is 4.79 Å². The van der Waals surface area contributed by atoms with Gasteiger partial charge in [0.15, 0.2) is 5.78 Å². The minimum absolute atomic E-state index is 0.201. The number of Topliss-reactive ketones (excluding diaryl/α,β-unsaturated/α-hetero) is 1. The second-order valence-electron chi connectivity index (χ2n) is 5.99. The molecule has 2 rings (SSSR count). The number of carbonyl (C=O) groups is 2. The molecule has 0 aromatic rings. The normalized spacial score (nSPS) is 29.1. The van der Waals surface area contributed by atoms with Crippen LogP contribution in [0.5, 0.6) is 0 Å². The second-order valence-corrected chi connectivity index (χ2v) is 5.99. The van der Waals surface area contributed by atoms with Gasteiger partial charge in [0.1, 0.15) is 5.60 Å². The van der Waals surface area contributed by atoms with E-state index in [-0.39, 0.29) is 24.0 Å². The standard InChI is InChI=1S/C13H21NO3/c1-13(2,3)17-12(16)14-9-5-4-6-10(14)11(15)8-7-9/h9-10H,4-8H2,1-3H3/t9-,10-/m0/s1. The van der Waals surface area contributed by atoms with Crippen LogP contribution in [-0.2, 0) is 9.53 Å². The van der Waals surface area contributed by atoms with E-state index in [0.29, 0.717) is 6.42 Å². The average molecular weight is 239 g/mol. The van der Waals surface area contributed by atoms with E-state index in [2.05, 4.69) is 0 Å². The summed E-state index contributed by atoms with van der Waals surface area (Å²) in [5, 5.41) is 0. The highest BCUT2D eigenvalue weighted by atomic mass is 16.6. The Hall–Kier alpha value is -1.06. The molecule has 2 saturated heterocycles. The van der Waals surface area contributed by atoms with Crippen molar-refractivity contribution in [2.45, 2.75) is 70.6 Å². The van der Waals surface area contributed by atoms with Gasteiger partial charge in [-0.3, -0.25) is 9.69 Å². The van der Waals surface area contributed by atoms with Crippen LogP contribution >= 0.6 is 0 Å². The van der Waals surface area contributed by atoms with Gasteiger partial charge in [0.05, 0.1) is 6.04 Å². The summed E-state index contributed by atoms with van der Waals surface area (Å²) in [5.74, 6) is 0.201. The molecule has 2 heterocycles. The summed E-state index contributed by atoms with van der Waals surface area (Å²) in [5.41, 5.74) is -0.494. The summed E-state index contributed by atoms with van der Waals surface area (Å²) in [6, 6.07) is -0.0151. The third-order valence-electron chi connectivity index (χ3n) is 3.44. The summed E-state index contributed by atoms with van der Waals surface area (Å²) in [6.07, 6.45) is 3.95. The van der Waals surface area contributed by atoms with Crippen molar-refractivity contribution in [1.82, 2.24) is 4.90 Å². The van der Waals surface area contributed by atoms with Gasteiger partial charge in [-0.1, -0.05) is 0 Å². The maximum Gasteiger partial charge on any atom is 0.411 e. The van der Waals surface area contributed by atoms with Gasteiger partial charge in [-0.05, 0) is 46.5 Å². The zero-order chi connectivity index (χ0) is 12.6. The Morgan fingerprint density at radius 3 is 2.65 bits per heavy atom. The van der Waals surface area contributed by atoms with Crippen LogP contribution in [0.3, 0.4) is 0 Å². The van der Waals surface area contributed by atoms with Crippen LogP contribution in [0.1, 0.15) is 52.9 Å². The molecule has 0 aromatic heterocycles. The van der Waals surface area contributed by atoms with Crippen LogP contribution in [0.25, 0.3) is 0 Å². The first-order chi connectivity index (χ1) is 7.88. The number of amides is 1. The fraction of sp³-hybridized carbons (Fsp3) is 0.846. The van der Waals surface area contributed by atoms with E-state index in [1.807, 2.05) is 20.8 Å². The molecule has 17 heavy (non-hydrogen) atoms. The predicted octanol–water partition coefficient (Wildman–Crippen LogP) is 2.51. The van der Waals surface area contributed by atoms with Crippen LogP contribution in [0.4, 0.5) is 4.79 Å². The monoisotopic (exact) mass is 239 g/mol. The van der Waals surface area contributed by atoms with Gasteiger partial charge in [0.25, 0.3) is 0 Å². The van der Waals surface area contributed by atoms with Crippen LogP contribution in [0.15, 0.2) is 0 Å². The number of nitrogens with zero attached hydrogens (tertiary/aromatic N) is 1. The van der Waals surface area contributed by atoms with E-state index in [4.69, 9.17) is 4.74 Å². The quantitative estimate of drug-likeness (QED) is 0.652. The fourth-order valence-corrected chi connectivity index (χ4v) is 2.75. The summed E-state index contributed by atoms with van der Waals surface area (Å²) >= 11 is 0. The van der Waals surface area contributed by atoms with Crippen LogP contribution in [-0.4, -0.2) is 34.5 Å². The molecule has 4 nitrogen and oxygen atoms in total. The van der Waals surface area contributed by atoms with Gasteiger partial charge in [0.2, 0.25) is 0 Å². The van der Waals surface area contributed by atoms with Gasteiger partial charge in [0, 0.05) is 12.5 Å². The van der Waals surface area contributed by atoms with Crippen molar-refractivity contribution in [3.05, 3.63) is 0 Å². The number of hydrogen-bond acceptors (Lipinski definition) is 3. The molecular weight excluding hydrogens is 218 g/mol. The number of hydrogen-bond donors (Lipinski definition) is 0. The number of carbonyl (C=O) groups excluding carboxylic acids is 2. The lowest BCUT2D eigenvalue weighted by Crippen LogP contribution is -2.57. The number of piperidine rings is 2. The molecule has 0 unspecified atom stereocenters. The number of fused-ring (bicyclic) bond motifs is 2. The molecular formula is C13H21NO3. The predicted molar refractivity (Wildman–Crippen MR) is 63.7 cm³/mol. The molecule has 0 N–H and O–H groups in total. The summed E-state index contributed by atoms with van der Waals surface area (Å²) in [7, 11) is 0. The molecule has 1 amide bonds. The van der Waals surface area contributed by atoms with E-state index in [1.54, 1.807) is 4.90 Å². The van der Waals surface area contributed by atoms with Crippen LogP contribution in [0, 0.1) is 0 Å². The van der Waals surface area contributed by atoms with Crippen molar-refractivity contribution >= 4 is 11.9 Å². The molecule has 2 bridgehead atoms. The van der Waals surface area contributed by atoms with Crippen molar-refractivity contribution in [1.29, 1.82) is 0 Å². The molecule has 2 aliphatic rings. The van der Waals surface area contributed by atoms with Crippen LogP contribution in [0.2, 0.25) is 0 Å². The summed E-state index contributed by atoms with van der Waals surface area (Å²) in [4.78, 5) is 25.7. The molecule has 0 saturated carbocycles. The molecule has 0 spiro atoms. The zero-order valence-electron chi connectivity index (χ0n) is 10.9. The maximum absolute atomic E-state index is 12.1. The molecule has 4 heteroatoms. The Balaban J connectivity index is 2.13. The number of ether oxygens (including phenoxy) is 1. The first-order valence-electron chi connectivity index (χ1n) is 6.42. The minimum atomic E-state index is -0.494. The third-order valence-corrected chi connectivity index (χ3v) is 3.44. The molecule has 96 valence electrons. The van der Waals surface area contributed by atoms with E-state index in [1.165, 1.54) is 0 Å². The topological polar surface area (TPSA) is 46.6 Å². The van der Waals surface area contributed by atoms with Crippen molar-refractivity contribution in [2.75, 3.05) is 0 Å². The Morgan fingerprint density at radius 1 is 1.29 bits per heavy atom. The smallest absolute Gasteiger partial charge is 0.411 e. The van der Waals surface area contributed by atoms with E-state index < -0.39 is 5.60 Å². The van der Waals surface area contributed by atoms with Crippen molar-refractivity contribution < 1.29 is 14.3 Å². The van der Waals surface area contributed by atoms with Gasteiger partial charge in [-0.15, -0.1) is 0 Å². The van der Waals surface area contributed by atoms with E-state index in [9.17, 15) is 9.59 Å². The first kappa shape index (κ1) is 12.4. The second kappa shape index (κ2) is 4.31. The average Bonchev–Trinajstić information content (AvgIpc) is 2.21. The Labute approximate surface area is 102 Å². The Kier molecular flexibility index (Phi) is 3.15. The lowest BCUT2D eigenvalue weighted by molar-refractivity contribution is -0.131. The SMILES string of the molecule is CC(C)(C)OC(=O)N1[C@H]2CCC[C@H]1C(=O)CC2. The molecule has 2 atom stereocenters. The fourth-order valence-electron chi connectivity index (χ4n) is 2.75. The molecule has 2 fully saturated rings. The lowest BCUT2D eigenvalue weighted by atomic mass is 9.84.